The van der Waals surface area contributed by atoms with Crippen LogP contribution in [-0.2, 0) is 9.47 Å². The van der Waals surface area contributed by atoms with Crippen molar-refractivity contribution in [1.29, 1.82) is 0 Å². The maximum Gasteiger partial charge on any atom is 0.186 e. The van der Waals surface area contributed by atoms with Gasteiger partial charge in [0, 0.05) is 0 Å². The van der Waals surface area contributed by atoms with Gasteiger partial charge in [0.15, 0.2) is 6.29 Å². The van der Waals surface area contributed by atoms with Crippen LogP contribution in [0.2, 0.25) is 0 Å². The molecule has 1 fully saturated rings. The molecule has 0 aromatic heterocycles. The van der Waals surface area contributed by atoms with Crippen molar-refractivity contribution >= 4 is 0 Å². The molecule has 1 saturated heterocycles. The van der Waals surface area contributed by atoms with E-state index >= 15 is 0 Å². The van der Waals surface area contributed by atoms with Gasteiger partial charge in [-0.3, -0.25) is 0 Å². The van der Waals surface area contributed by atoms with Crippen molar-refractivity contribution in [1.82, 2.24) is 0 Å². The van der Waals surface area contributed by atoms with E-state index in [2.05, 4.69) is 13.8 Å². The summed E-state index contributed by atoms with van der Waals surface area (Å²) in [5.74, 6) is 0.468. The zero-order chi connectivity index (χ0) is 23.4. The van der Waals surface area contributed by atoms with Crippen molar-refractivity contribution in [2.24, 2.45) is 5.92 Å². The van der Waals surface area contributed by atoms with Crippen molar-refractivity contribution < 1.29 is 24.8 Å². The minimum absolute atomic E-state index is 0.00341. The predicted molar refractivity (Wildman–Crippen MR) is 132 cm³/mol. The molecular formula is C27H54O5. The Kier molecular flexibility index (Phi) is 18.8. The van der Waals surface area contributed by atoms with Crippen LogP contribution in [0.5, 0.6) is 0 Å². The second-order valence-corrected chi connectivity index (χ2v) is 9.98. The van der Waals surface area contributed by atoms with E-state index in [1.165, 1.54) is 103 Å². The third-order valence-electron chi connectivity index (χ3n) is 6.88. The molecule has 0 amide bonds. The summed E-state index contributed by atoms with van der Waals surface area (Å²) in [5.41, 5.74) is 0. The third kappa shape index (κ3) is 14.1. The third-order valence-corrected chi connectivity index (χ3v) is 6.88. The van der Waals surface area contributed by atoms with E-state index in [0.717, 1.165) is 12.8 Å². The van der Waals surface area contributed by atoms with E-state index < -0.39 is 24.6 Å². The molecule has 5 nitrogen and oxygen atoms in total. The molecule has 1 aliphatic rings. The zero-order valence-corrected chi connectivity index (χ0v) is 21.2. The fraction of sp³-hybridized carbons (Fsp3) is 1.00. The van der Waals surface area contributed by atoms with E-state index in [1.54, 1.807) is 0 Å². The summed E-state index contributed by atoms with van der Waals surface area (Å²) in [6, 6.07) is 0. The summed E-state index contributed by atoms with van der Waals surface area (Å²) in [6.07, 6.45) is 19.2. The molecule has 0 saturated carbocycles. The largest absolute Gasteiger partial charge is 0.388 e. The highest BCUT2D eigenvalue weighted by atomic mass is 16.7. The molecule has 0 aliphatic carbocycles. The van der Waals surface area contributed by atoms with E-state index in [-0.39, 0.29) is 6.61 Å². The van der Waals surface area contributed by atoms with Gasteiger partial charge in [-0.1, -0.05) is 117 Å². The standard InChI is InChI=1S/C27H54O5/c1-3-5-7-9-11-12-13-14-16-18-20-23(19-17-15-10-8-6-4-2)21-31-27-26(30)25(29)24(28)22-32-27/h23-30H,3-22H2,1-2H3/t23?,24-,25-,26+,27+/m1/s1. The average Bonchev–Trinajstić information content (AvgIpc) is 2.79. The summed E-state index contributed by atoms with van der Waals surface area (Å²) >= 11 is 0. The quantitative estimate of drug-likeness (QED) is 0.181. The maximum atomic E-state index is 10.1. The normalized spacial score (nSPS) is 24.7. The topological polar surface area (TPSA) is 79.2 Å². The molecule has 0 aromatic rings. The Morgan fingerprint density at radius 3 is 1.56 bits per heavy atom. The first-order chi connectivity index (χ1) is 15.6. The van der Waals surface area contributed by atoms with Gasteiger partial charge in [0.05, 0.1) is 13.2 Å². The van der Waals surface area contributed by atoms with E-state index in [1.807, 2.05) is 0 Å². The molecule has 0 aromatic carbocycles. The maximum absolute atomic E-state index is 10.1. The molecular weight excluding hydrogens is 404 g/mol. The van der Waals surface area contributed by atoms with Crippen molar-refractivity contribution in [2.75, 3.05) is 13.2 Å². The lowest BCUT2D eigenvalue weighted by Crippen LogP contribution is -2.53. The predicted octanol–water partition coefficient (Wildman–Crippen LogP) is 6.12. The van der Waals surface area contributed by atoms with E-state index in [4.69, 9.17) is 9.47 Å². The Bertz CT molecular complexity index is 406. The SMILES string of the molecule is CCCCCCCCCCCCC(CCCCCCCC)CO[C@H]1OC[C@@H](O)[C@@H](O)[C@@H]1O. The highest BCUT2D eigenvalue weighted by Crippen LogP contribution is 2.23. The first-order valence-electron chi connectivity index (χ1n) is 13.9. The molecule has 0 spiro atoms. The van der Waals surface area contributed by atoms with Crippen molar-refractivity contribution in [3.8, 4) is 0 Å². The number of unbranched alkanes of at least 4 members (excludes halogenated alkanes) is 14. The monoisotopic (exact) mass is 458 g/mol. The van der Waals surface area contributed by atoms with Gasteiger partial charge in [-0.25, -0.2) is 0 Å². The summed E-state index contributed by atoms with van der Waals surface area (Å²) in [4.78, 5) is 0. The zero-order valence-electron chi connectivity index (χ0n) is 21.2. The highest BCUT2D eigenvalue weighted by molar-refractivity contribution is 4.82. The molecule has 1 aliphatic heterocycles. The van der Waals surface area contributed by atoms with Crippen molar-refractivity contribution in [3.63, 3.8) is 0 Å². The second kappa shape index (κ2) is 20.2. The number of aliphatic hydroxyl groups excluding tert-OH is 3. The lowest BCUT2D eigenvalue weighted by molar-refractivity contribution is -0.272. The summed E-state index contributed by atoms with van der Waals surface area (Å²) in [6.45, 7) is 5.07. The van der Waals surface area contributed by atoms with Gasteiger partial charge in [-0.05, 0) is 18.8 Å². The molecule has 3 N–H and O–H groups in total. The van der Waals surface area contributed by atoms with Gasteiger partial charge in [-0.15, -0.1) is 0 Å². The Morgan fingerprint density at radius 2 is 1.09 bits per heavy atom. The molecule has 1 unspecified atom stereocenters. The number of ether oxygens (including phenoxy) is 2. The highest BCUT2D eigenvalue weighted by Gasteiger charge is 2.38. The first kappa shape index (κ1) is 29.8. The summed E-state index contributed by atoms with van der Waals surface area (Å²) in [7, 11) is 0. The number of hydrogen-bond donors (Lipinski definition) is 3. The molecule has 192 valence electrons. The Hall–Kier alpha value is -0.200. The van der Waals surface area contributed by atoms with E-state index in [0.29, 0.717) is 12.5 Å². The molecule has 0 radical (unpaired) electrons. The molecule has 1 heterocycles. The minimum Gasteiger partial charge on any atom is -0.388 e. The van der Waals surface area contributed by atoms with Gasteiger partial charge in [-0.2, -0.15) is 0 Å². The van der Waals surface area contributed by atoms with Crippen LogP contribution in [0.3, 0.4) is 0 Å². The van der Waals surface area contributed by atoms with Crippen LogP contribution in [0.4, 0.5) is 0 Å². The molecule has 5 atom stereocenters. The molecule has 0 bridgehead atoms. The van der Waals surface area contributed by atoms with Gasteiger partial charge in [0.2, 0.25) is 0 Å². The van der Waals surface area contributed by atoms with Crippen LogP contribution in [0.1, 0.15) is 129 Å². The van der Waals surface area contributed by atoms with E-state index in [9.17, 15) is 15.3 Å². The van der Waals surface area contributed by atoms with Gasteiger partial charge < -0.3 is 24.8 Å². The average molecular weight is 459 g/mol. The number of rotatable bonds is 21. The Labute approximate surface area is 198 Å². The number of aliphatic hydroxyl groups is 3. The molecule has 1 rings (SSSR count). The van der Waals surface area contributed by atoms with Crippen LogP contribution < -0.4 is 0 Å². The smallest absolute Gasteiger partial charge is 0.186 e. The Morgan fingerprint density at radius 1 is 0.656 bits per heavy atom. The molecule has 5 heteroatoms. The van der Waals surface area contributed by atoms with Gasteiger partial charge in [0.25, 0.3) is 0 Å². The Balaban J connectivity index is 2.24. The van der Waals surface area contributed by atoms with Crippen molar-refractivity contribution in [2.45, 2.75) is 154 Å². The van der Waals surface area contributed by atoms with Crippen LogP contribution >= 0.6 is 0 Å². The molecule has 32 heavy (non-hydrogen) atoms. The second-order valence-electron chi connectivity index (χ2n) is 9.98. The fourth-order valence-electron chi connectivity index (χ4n) is 4.60. The summed E-state index contributed by atoms with van der Waals surface area (Å²) < 4.78 is 11.3. The summed E-state index contributed by atoms with van der Waals surface area (Å²) in [5, 5.41) is 29.6. The van der Waals surface area contributed by atoms with Crippen LogP contribution in [-0.4, -0.2) is 53.1 Å². The van der Waals surface area contributed by atoms with Crippen LogP contribution in [0.25, 0.3) is 0 Å². The lowest BCUT2D eigenvalue weighted by atomic mass is 9.94. The minimum atomic E-state index is -1.20. The van der Waals surface area contributed by atoms with Gasteiger partial charge in [0.1, 0.15) is 18.3 Å². The van der Waals surface area contributed by atoms with Crippen LogP contribution in [0.15, 0.2) is 0 Å². The number of hydrogen-bond acceptors (Lipinski definition) is 5. The van der Waals surface area contributed by atoms with Crippen molar-refractivity contribution in [3.05, 3.63) is 0 Å². The fourth-order valence-corrected chi connectivity index (χ4v) is 4.60. The first-order valence-corrected chi connectivity index (χ1v) is 13.9. The lowest BCUT2D eigenvalue weighted by Gasteiger charge is -2.35. The van der Waals surface area contributed by atoms with Crippen LogP contribution in [0, 0.1) is 5.92 Å². The van der Waals surface area contributed by atoms with Gasteiger partial charge >= 0.3 is 0 Å².